The lowest BCUT2D eigenvalue weighted by molar-refractivity contribution is -0.0687. The van der Waals surface area contributed by atoms with E-state index in [0.29, 0.717) is 6.54 Å². The molecular formula is C8H16FNO. The van der Waals surface area contributed by atoms with Crippen molar-refractivity contribution in [1.82, 2.24) is 4.90 Å². The summed E-state index contributed by atoms with van der Waals surface area (Å²) < 4.78 is 17.4. The van der Waals surface area contributed by atoms with Gasteiger partial charge in [0.25, 0.3) is 0 Å². The maximum Gasteiger partial charge on any atom is 0.102 e. The number of ether oxygens (including phenoxy) is 1. The van der Waals surface area contributed by atoms with E-state index in [1.54, 1.807) is 0 Å². The van der Waals surface area contributed by atoms with Crippen molar-refractivity contribution in [1.29, 1.82) is 0 Å². The fourth-order valence-corrected chi connectivity index (χ4v) is 1.59. The van der Waals surface area contributed by atoms with Gasteiger partial charge in [-0.3, -0.25) is 4.90 Å². The molecule has 0 saturated carbocycles. The van der Waals surface area contributed by atoms with E-state index in [4.69, 9.17) is 4.74 Å². The zero-order chi connectivity index (χ0) is 8.27. The van der Waals surface area contributed by atoms with Crippen molar-refractivity contribution >= 4 is 0 Å². The summed E-state index contributed by atoms with van der Waals surface area (Å²) >= 11 is 0. The highest BCUT2D eigenvalue weighted by Gasteiger charge is 2.21. The molecule has 2 atom stereocenters. The van der Waals surface area contributed by atoms with Gasteiger partial charge in [-0.2, -0.15) is 0 Å². The Morgan fingerprint density at radius 1 is 1.36 bits per heavy atom. The van der Waals surface area contributed by atoms with E-state index in [1.165, 1.54) is 0 Å². The van der Waals surface area contributed by atoms with Gasteiger partial charge in [0.2, 0.25) is 0 Å². The quantitative estimate of drug-likeness (QED) is 0.600. The topological polar surface area (TPSA) is 12.5 Å². The van der Waals surface area contributed by atoms with Gasteiger partial charge in [-0.1, -0.05) is 0 Å². The number of nitrogens with zero attached hydrogens (tertiary/aromatic N) is 1. The largest absolute Gasteiger partial charge is 0.373 e. The normalized spacial score (nSPS) is 34.1. The van der Waals surface area contributed by atoms with Gasteiger partial charge >= 0.3 is 0 Å². The molecule has 66 valence electrons. The zero-order valence-electron chi connectivity index (χ0n) is 7.22. The molecule has 0 N–H and O–H groups in total. The highest BCUT2D eigenvalue weighted by Crippen LogP contribution is 2.09. The van der Waals surface area contributed by atoms with Gasteiger partial charge in [0, 0.05) is 19.6 Å². The van der Waals surface area contributed by atoms with Crippen molar-refractivity contribution in [3.63, 3.8) is 0 Å². The number of halogens is 1. The summed E-state index contributed by atoms with van der Waals surface area (Å²) in [4.78, 5) is 2.11. The molecule has 0 radical (unpaired) electrons. The summed E-state index contributed by atoms with van der Waals surface area (Å²) in [5.74, 6) is 0. The van der Waals surface area contributed by atoms with Crippen LogP contribution < -0.4 is 0 Å². The molecule has 3 heteroatoms. The van der Waals surface area contributed by atoms with Gasteiger partial charge in [-0.05, 0) is 13.8 Å². The maximum absolute atomic E-state index is 11.9. The highest BCUT2D eigenvalue weighted by atomic mass is 19.1. The van der Waals surface area contributed by atoms with Crippen molar-refractivity contribution in [3.8, 4) is 0 Å². The minimum absolute atomic E-state index is 0.251. The van der Waals surface area contributed by atoms with E-state index in [1.807, 2.05) is 13.8 Å². The number of rotatable bonds is 2. The van der Waals surface area contributed by atoms with Gasteiger partial charge in [0.05, 0.1) is 12.2 Å². The van der Waals surface area contributed by atoms with E-state index in [9.17, 15) is 4.39 Å². The summed E-state index contributed by atoms with van der Waals surface area (Å²) in [5, 5.41) is 0. The van der Waals surface area contributed by atoms with Crippen LogP contribution in [0.15, 0.2) is 0 Å². The molecule has 0 aliphatic carbocycles. The molecular weight excluding hydrogens is 145 g/mol. The van der Waals surface area contributed by atoms with Crippen LogP contribution in [0.3, 0.4) is 0 Å². The molecule has 11 heavy (non-hydrogen) atoms. The van der Waals surface area contributed by atoms with Crippen LogP contribution in [0.25, 0.3) is 0 Å². The SMILES string of the molecule is CC1CN(CCF)CC(C)O1. The van der Waals surface area contributed by atoms with Crippen LogP contribution >= 0.6 is 0 Å². The third-order valence-corrected chi connectivity index (χ3v) is 1.90. The van der Waals surface area contributed by atoms with Crippen LogP contribution in [-0.2, 0) is 4.74 Å². The average molecular weight is 161 g/mol. The molecule has 0 aromatic heterocycles. The third kappa shape index (κ3) is 2.75. The molecule has 1 fully saturated rings. The third-order valence-electron chi connectivity index (χ3n) is 1.90. The van der Waals surface area contributed by atoms with E-state index in [0.717, 1.165) is 13.1 Å². The molecule has 0 amide bonds. The fraction of sp³-hybridized carbons (Fsp3) is 1.00. The van der Waals surface area contributed by atoms with Crippen molar-refractivity contribution in [2.45, 2.75) is 26.1 Å². The van der Waals surface area contributed by atoms with E-state index in [-0.39, 0.29) is 18.9 Å². The molecule has 1 saturated heterocycles. The zero-order valence-corrected chi connectivity index (χ0v) is 7.22. The first-order valence-corrected chi connectivity index (χ1v) is 4.16. The average Bonchev–Trinajstić information content (AvgIpc) is 1.85. The summed E-state index contributed by atoms with van der Waals surface area (Å²) in [6, 6.07) is 0. The monoisotopic (exact) mass is 161 g/mol. The second kappa shape index (κ2) is 4.02. The minimum atomic E-state index is -0.251. The lowest BCUT2D eigenvalue weighted by Gasteiger charge is -2.34. The summed E-state index contributed by atoms with van der Waals surface area (Å²) in [5.41, 5.74) is 0. The van der Waals surface area contributed by atoms with Crippen LogP contribution in [0.1, 0.15) is 13.8 Å². The van der Waals surface area contributed by atoms with Gasteiger partial charge < -0.3 is 4.74 Å². The summed E-state index contributed by atoms with van der Waals surface area (Å²) in [7, 11) is 0. The van der Waals surface area contributed by atoms with Crippen LogP contribution in [0.4, 0.5) is 4.39 Å². The molecule has 1 aliphatic heterocycles. The lowest BCUT2D eigenvalue weighted by atomic mass is 10.2. The van der Waals surface area contributed by atoms with Gasteiger partial charge in [0.15, 0.2) is 0 Å². The van der Waals surface area contributed by atoms with E-state index in [2.05, 4.69) is 4.90 Å². The molecule has 2 nitrogen and oxygen atoms in total. The maximum atomic E-state index is 11.9. The van der Waals surface area contributed by atoms with Crippen molar-refractivity contribution in [2.75, 3.05) is 26.3 Å². The van der Waals surface area contributed by atoms with Crippen LogP contribution in [0, 0.1) is 0 Å². The smallest absolute Gasteiger partial charge is 0.102 e. The summed E-state index contributed by atoms with van der Waals surface area (Å²) in [6.45, 7) is 6.10. The molecule has 1 aliphatic rings. The Kier molecular flexibility index (Phi) is 3.27. The van der Waals surface area contributed by atoms with E-state index >= 15 is 0 Å². The van der Waals surface area contributed by atoms with Gasteiger partial charge in [0.1, 0.15) is 6.67 Å². The number of hydrogen-bond acceptors (Lipinski definition) is 2. The predicted octanol–water partition coefficient (Wildman–Crippen LogP) is 1.07. The Hall–Kier alpha value is -0.150. The first-order chi connectivity index (χ1) is 5.22. The number of morpholine rings is 1. The first kappa shape index (κ1) is 8.94. The van der Waals surface area contributed by atoms with Gasteiger partial charge in [-0.25, -0.2) is 4.39 Å². The Bertz CT molecular complexity index is 111. The second-order valence-corrected chi connectivity index (χ2v) is 3.21. The fourth-order valence-electron chi connectivity index (χ4n) is 1.59. The van der Waals surface area contributed by atoms with Crippen molar-refractivity contribution < 1.29 is 9.13 Å². The Balaban J connectivity index is 2.30. The first-order valence-electron chi connectivity index (χ1n) is 4.16. The van der Waals surface area contributed by atoms with Crippen LogP contribution in [-0.4, -0.2) is 43.4 Å². The van der Waals surface area contributed by atoms with Crippen LogP contribution in [0.5, 0.6) is 0 Å². The molecule has 0 spiro atoms. The Morgan fingerprint density at radius 2 is 1.91 bits per heavy atom. The number of alkyl halides is 1. The standard InChI is InChI=1S/C8H16FNO/c1-7-5-10(4-3-9)6-8(2)11-7/h7-8H,3-6H2,1-2H3. The molecule has 0 aromatic carbocycles. The molecule has 1 rings (SSSR count). The molecule has 2 unspecified atom stereocenters. The Labute approximate surface area is 67.3 Å². The van der Waals surface area contributed by atoms with Crippen molar-refractivity contribution in [2.24, 2.45) is 0 Å². The van der Waals surface area contributed by atoms with Crippen molar-refractivity contribution in [3.05, 3.63) is 0 Å². The predicted molar refractivity (Wildman–Crippen MR) is 42.4 cm³/mol. The van der Waals surface area contributed by atoms with E-state index < -0.39 is 0 Å². The molecule has 0 bridgehead atoms. The number of hydrogen-bond donors (Lipinski definition) is 0. The van der Waals surface area contributed by atoms with Gasteiger partial charge in [-0.15, -0.1) is 0 Å². The Morgan fingerprint density at radius 3 is 2.36 bits per heavy atom. The lowest BCUT2D eigenvalue weighted by Crippen LogP contribution is -2.46. The second-order valence-electron chi connectivity index (χ2n) is 3.21. The van der Waals surface area contributed by atoms with Crippen LogP contribution in [0.2, 0.25) is 0 Å². The molecule has 0 aromatic rings. The summed E-state index contributed by atoms with van der Waals surface area (Å²) in [6.07, 6.45) is 0.510. The highest BCUT2D eigenvalue weighted by molar-refractivity contribution is 4.72. The minimum Gasteiger partial charge on any atom is -0.373 e. The molecule has 1 heterocycles.